The molecule has 0 aromatic heterocycles. The van der Waals surface area contributed by atoms with Gasteiger partial charge < -0.3 is 0 Å². The van der Waals surface area contributed by atoms with E-state index in [1.807, 2.05) is 0 Å². The van der Waals surface area contributed by atoms with Crippen LogP contribution >= 0.6 is 0 Å². The van der Waals surface area contributed by atoms with Gasteiger partial charge in [-0.1, -0.05) is 0 Å². The van der Waals surface area contributed by atoms with Gasteiger partial charge in [0.25, 0.3) is 0 Å². The van der Waals surface area contributed by atoms with Gasteiger partial charge >= 0.3 is 112 Å². The molecule has 1 aromatic rings. The third kappa shape index (κ3) is 5.30. The predicted octanol–water partition coefficient (Wildman–Crippen LogP) is -1.29. The van der Waals surface area contributed by atoms with Crippen molar-refractivity contribution in [1.29, 1.82) is 0 Å². The molecule has 8 heteroatoms. The van der Waals surface area contributed by atoms with Gasteiger partial charge in [0.15, 0.2) is 0 Å². The van der Waals surface area contributed by atoms with Gasteiger partial charge in [-0.3, -0.25) is 0 Å². The molecule has 0 saturated heterocycles. The topological polar surface area (TPSA) is 116 Å². The Morgan fingerprint density at radius 2 is 1.63 bits per heavy atom. The number of rotatable bonds is 5. The first-order chi connectivity index (χ1) is 8.82. The van der Waals surface area contributed by atoms with Crippen LogP contribution in [-0.2, 0) is 13.3 Å². The van der Waals surface area contributed by atoms with Crippen molar-refractivity contribution in [3.8, 4) is 0 Å². The summed E-state index contributed by atoms with van der Waals surface area (Å²) in [5, 5.41) is 4.94. The van der Waals surface area contributed by atoms with E-state index in [9.17, 15) is 13.3 Å². The predicted molar refractivity (Wildman–Crippen MR) is 68.9 cm³/mol. The number of benzene rings is 1. The second kappa shape index (κ2) is 6.56. The number of carbonyl (C=O) groups excluding carboxylic acids is 2. The second-order valence-corrected chi connectivity index (χ2v) is 7.18. The number of nitrogens with one attached hydrogen (secondary N) is 2. The number of anilines is 1. The first kappa shape index (κ1) is 15.5. The average molecular weight is 330 g/mol. The summed E-state index contributed by atoms with van der Waals surface area (Å²) >= 11 is -4.88. The van der Waals surface area contributed by atoms with E-state index in [1.165, 1.54) is 31.3 Å². The zero-order valence-corrected chi connectivity index (χ0v) is 12.2. The van der Waals surface area contributed by atoms with E-state index in [0.717, 1.165) is 0 Å². The Morgan fingerprint density at radius 3 is 2.11 bits per heavy atom. The van der Waals surface area contributed by atoms with Gasteiger partial charge in [0, 0.05) is 0 Å². The molecule has 0 fully saturated rings. The number of hydrogen-bond acceptors (Lipinski definition) is 3. The summed E-state index contributed by atoms with van der Waals surface area (Å²) < 4.78 is 28.9. The molecular weight excluding hydrogens is 315 g/mol. The molecule has 0 unspecified atom stereocenters. The summed E-state index contributed by atoms with van der Waals surface area (Å²) in [6, 6.07) is 5.36. The van der Waals surface area contributed by atoms with Gasteiger partial charge in [-0.25, -0.2) is 0 Å². The summed E-state index contributed by atoms with van der Waals surface area (Å²) in [4.78, 5) is 22.4. The minimum atomic E-state index is -4.88. The molecule has 0 bridgehead atoms. The maximum atomic E-state index is 11.5. The Kier molecular flexibility index (Phi) is 5.35. The molecule has 0 spiro atoms. The van der Waals surface area contributed by atoms with E-state index in [1.54, 1.807) is 0 Å². The van der Waals surface area contributed by atoms with Crippen molar-refractivity contribution in [2.45, 2.75) is 12.8 Å². The number of hydrogen-bond donors (Lipinski definition) is 4. The van der Waals surface area contributed by atoms with Crippen molar-refractivity contribution in [1.82, 2.24) is 5.32 Å². The van der Waals surface area contributed by atoms with E-state index in [-0.39, 0.29) is 29.0 Å². The first-order valence-corrected chi connectivity index (χ1v) is 8.88. The molecule has 0 aliphatic heterocycles. The molecule has 19 heavy (non-hydrogen) atoms. The van der Waals surface area contributed by atoms with Crippen molar-refractivity contribution < 1.29 is 21.5 Å². The summed E-state index contributed by atoms with van der Waals surface area (Å²) in [7, 11) is 1.49. The zero-order chi connectivity index (χ0) is 14.5. The zero-order valence-electron chi connectivity index (χ0n) is 10.3. The van der Waals surface area contributed by atoms with Crippen LogP contribution in [0.15, 0.2) is 24.3 Å². The molecule has 0 radical (unpaired) electrons. The van der Waals surface area contributed by atoms with Crippen LogP contribution in [-0.4, -0.2) is 41.2 Å². The van der Waals surface area contributed by atoms with Gasteiger partial charge in [-0.2, -0.15) is 0 Å². The van der Waals surface area contributed by atoms with Crippen LogP contribution in [0.1, 0.15) is 12.8 Å². The van der Waals surface area contributed by atoms with Crippen LogP contribution in [0, 0.1) is 0 Å². The van der Waals surface area contributed by atoms with E-state index in [0.29, 0.717) is 5.69 Å². The molecule has 1 aromatic carbocycles. The summed E-state index contributed by atoms with van der Waals surface area (Å²) in [5.74, 6) is -0.562. The van der Waals surface area contributed by atoms with E-state index >= 15 is 0 Å². The normalized spacial score (nSPS) is 10.9. The van der Waals surface area contributed by atoms with Gasteiger partial charge in [-0.05, 0) is 0 Å². The fourth-order valence-electron chi connectivity index (χ4n) is 1.31. The SMILES string of the molecule is CNC(=O)CCC(=O)Nc1ccc([As](=O)(O)O)cc1. The van der Waals surface area contributed by atoms with Gasteiger partial charge in [0.1, 0.15) is 0 Å². The summed E-state index contributed by atoms with van der Waals surface area (Å²) in [6.07, 6.45) is 0.135. The van der Waals surface area contributed by atoms with Crippen LogP contribution < -0.4 is 15.0 Å². The summed E-state index contributed by atoms with van der Waals surface area (Å²) in [5.41, 5.74) is 0.426. The van der Waals surface area contributed by atoms with Crippen LogP contribution in [0.5, 0.6) is 0 Å². The summed E-state index contributed by atoms with van der Waals surface area (Å²) in [6.45, 7) is 0. The fraction of sp³-hybridized carbons (Fsp3) is 0.273. The Labute approximate surface area is 113 Å². The average Bonchev–Trinajstić information content (AvgIpc) is 2.35. The van der Waals surface area contributed by atoms with Gasteiger partial charge in [-0.15, -0.1) is 0 Å². The third-order valence-corrected chi connectivity index (χ3v) is 4.38. The van der Waals surface area contributed by atoms with Crippen LogP contribution in [0.25, 0.3) is 0 Å². The molecule has 0 atom stereocenters. The Bertz CT molecular complexity index is 508. The van der Waals surface area contributed by atoms with Crippen molar-refractivity contribution >= 4 is 36.0 Å². The molecule has 0 saturated carbocycles. The van der Waals surface area contributed by atoms with Crippen LogP contribution in [0.3, 0.4) is 0 Å². The molecule has 1 rings (SSSR count). The van der Waals surface area contributed by atoms with Crippen molar-refractivity contribution in [3.63, 3.8) is 0 Å². The molecule has 4 N–H and O–H groups in total. The van der Waals surface area contributed by atoms with E-state index in [2.05, 4.69) is 10.6 Å². The molecular formula is C11H15AsN2O5. The number of carbonyl (C=O) groups is 2. The quantitative estimate of drug-likeness (QED) is 0.502. The van der Waals surface area contributed by atoms with E-state index < -0.39 is 14.2 Å². The Morgan fingerprint density at radius 1 is 1.11 bits per heavy atom. The molecule has 2 amide bonds. The molecule has 7 nitrogen and oxygen atoms in total. The van der Waals surface area contributed by atoms with E-state index in [4.69, 9.17) is 8.19 Å². The monoisotopic (exact) mass is 330 g/mol. The Hall–Kier alpha value is -1.56. The van der Waals surface area contributed by atoms with Gasteiger partial charge in [0.05, 0.1) is 0 Å². The maximum absolute atomic E-state index is 11.5. The van der Waals surface area contributed by atoms with Crippen LogP contribution in [0.2, 0.25) is 0 Å². The molecule has 0 heterocycles. The standard InChI is InChI=1S/C11H15AsN2O5/c1-13-10(15)6-7-11(16)14-9-4-2-8(3-5-9)12(17,18)19/h2-5H,6-7H2,1H3,(H,13,15)(H,14,16)(H2,17,18,19). The Balaban J connectivity index is 2.56. The molecule has 104 valence electrons. The second-order valence-electron chi connectivity index (χ2n) is 3.81. The van der Waals surface area contributed by atoms with Crippen LogP contribution in [0.4, 0.5) is 5.69 Å². The van der Waals surface area contributed by atoms with Crippen molar-refractivity contribution in [3.05, 3.63) is 24.3 Å². The molecule has 0 aliphatic carbocycles. The minimum absolute atomic E-state index is 0.0454. The molecule has 0 aliphatic rings. The van der Waals surface area contributed by atoms with Crippen molar-refractivity contribution in [2.75, 3.05) is 12.4 Å². The van der Waals surface area contributed by atoms with Crippen molar-refractivity contribution in [2.24, 2.45) is 0 Å². The number of amides is 2. The fourth-order valence-corrected chi connectivity index (χ4v) is 2.44. The first-order valence-electron chi connectivity index (χ1n) is 5.49. The van der Waals surface area contributed by atoms with Gasteiger partial charge in [0.2, 0.25) is 0 Å². The third-order valence-electron chi connectivity index (χ3n) is 2.35.